The normalized spacial score (nSPS) is 18.6. The molecule has 0 amide bonds. The van der Waals surface area contributed by atoms with Gasteiger partial charge in [0.05, 0.1) is 5.39 Å². The number of hydrogen-bond acceptors (Lipinski definition) is 5. The lowest BCUT2D eigenvalue weighted by Crippen LogP contribution is -2.32. The second-order valence-electron chi connectivity index (χ2n) is 5.63. The fourth-order valence-electron chi connectivity index (χ4n) is 3.26. The van der Waals surface area contributed by atoms with Crippen molar-refractivity contribution in [2.75, 3.05) is 19.0 Å². The standard InChI is InChI=1S/C16H23N3OS/c1-3-20-16(9-6-4-5-7-10-16)15-18-13(17-2)12-8-11-21-14(12)19-15/h8,11H,3-7,9-10H2,1-2H3,(H,17,18,19). The van der Waals surface area contributed by atoms with Gasteiger partial charge < -0.3 is 10.1 Å². The molecule has 0 spiro atoms. The Hall–Kier alpha value is -1.20. The molecule has 3 rings (SSSR count). The molecule has 2 heterocycles. The second-order valence-corrected chi connectivity index (χ2v) is 6.52. The first-order valence-electron chi connectivity index (χ1n) is 7.86. The van der Waals surface area contributed by atoms with Gasteiger partial charge in [-0.1, -0.05) is 25.7 Å². The number of fused-ring (bicyclic) bond motifs is 1. The molecule has 1 N–H and O–H groups in total. The van der Waals surface area contributed by atoms with E-state index < -0.39 is 0 Å². The molecular weight excluding hydrogens is 282 g/mol. The summed E-state index contributed by atoms with van der Waals surface area (Å²) in [4.78, 5) is 10.7. The van der Waals surface area contributed by atoms with Crippen LogP contribution in [0.15, 0.2) is 11.4 Å². The molecule has 0 unspecified atom stereocenters. The van der Waals surface area contributed by atoms with Gasteiger partial charge in [-0.25, -0.2) is 9.97 Å². The predicted molar refractivity (Wildman–Crippen MR) is 88.0 cm³/mol. The SMILES string of the molecule is CCOC1(c2nc(NC)c3ccsc3n2)CCCCCC1. The summed E-state index contributed by atoms with van der Waals surface area (Å²) in [7, 11) is 1.92. The van der Waals surface area contributed by atoms with Crippen molar-refractivity contribution < 1.29 is 4.74 Å². The first kappa shape index (κ1) is 14.7. The van der Waals surface area contributed by atoms with Gasteiger partial charge in [-0.3, -0.25) is 0 Å². The van der Waals surface area contributed by atoms with Crippen molar-refractivity contribution in [3.05, 3.63) is 17.3 Å². The van der Waals surface area contributed by atoms with Crippen molar-refractivity contribution in [2.45, 2.75) is 51.0 Å². The van der Waals surface area contributed by atoms with E-state index in [1.54, 1.807) is 11.3 Å². The van der Waals surface area contributed by atoms with E-state index in [0.717, 1.165) is 34.7 Å². The van der Waals surface area contributed by atoms with E-state index in [1.165, 1.54) is 25.7 Å². The van der Waals surface area contributed by atoms with Gasteiger partial charge in [0.25, 0.3) is 0 Å². The summed E-state index contributed by atoms with van der Waals surface area (Å²) in [5, 5.41) is 6.39. The van der Waals surface area contributed by atoms with Crippen LogP contribution in [0.3, 0.4) is 0 Å². The van der Waals surface area contributed by atoms with E-state index in [2.05, 4.69) is 23.7 Å². The molecule has 21 heavy (non-hydrogen) atoms. The summed E-state index contributed by atoms with van der Waals surface area (Å²) in [5.41, 5.74) is -0.297. The molecule has 2 aromatic heterocycles. The first-order valence-corrected chi connectivity index (χ1v) is 8.74. The third-order valence-electron chi connectivity index (χ3n) is 4.30. The molecule has 0 aromatic carbocycles. The summed E-state index contributed by atoms with van der Waals surface area (Å²) in [6.07, 6.45) is 7.02. The fraction of sp³-hybridized carbons (Fsp3) is 0.625. The van der Waals surface area contributed by atoms with Crippen molar-refractivity contribution in [2.24, 2.45) is 0 Å². The Morgan fingerprint density at radius 2 is 2.00 bits per heavy atom. The number of hydrogen-bond donors (Lipinski definition) is 1. The highest BCUT2D eigenvalue weighted by Crippen LogP contribution is 2.39. The maximum absolute atomic E-state index is 6.21. The van der Waals surface area contributed by atoms with Gasteiger partial charge in [-0.2, -0.15) is 0 Å². The minimum absolute atomic E-state index is 0.297. The number of rotatable bonds is 4. The van der Waals surface area contributed by atoms with Crippen molar-refractivity contribution in [3.63, 3.8) is 0 Å². The molecule has 1 fully saturated rings. The van der Waals surface area contributed by atoms with Crippen LogP contribution in [0.5, 0.6) is 0 Å². The highest BCUT2D eigenvalue weighted by atomic mass is 32.1. The number of nitrogens with zero attached hydrogens (tertiary/aromatic N) is 2. The predicted octanol–water partition coefficient (Wildman–Crippen LogP) is 4.32. The van der Waals surface area contributed by atoms with Crippen LogP contribution in [0.25, 0.3) is 10.2 Å². The Morgan fingerprint density at radius 1 is 1.24 bits per heavy atom. The Balaban J connectivity index is 2.09. The lowest BCUT2D eigenvalue weighted by molar-refractivity contribution is -0.0620. The van der Waals surface area contributed by atoms with Crippen LogP contribution in [0.2, 0.25) is 0 Å². The topological polar surface area (TPSA) is 47.0 Å². The molecule has 5 heteroatoms. The average molecular weight is 305 g/mol. The minimum Gasteiger partial charge on any atom is -0.372 e. The van der Waals surface area contributed by atoms with Gasteiger partial charge in [0.15, 0.2) is 5.82 Å². The molecule has 0 saturated heterocycles. The van der Waals surface area contributed by atoms with Crippen molar-refractivity contribution in [1.82, 2.24) is 9.97 Å². The molecule has 114 valence electrons. The Labute approximate surface area is 129 Å². The number of nitrogens with one attached hydrogen (secondary N) is 1. The summed E-state index contributed by atoms with van der Waals surface area (Å²) >= 11 is 1.67. The molecule has 0 bridgehead atoms. The largest absolute Gasteiger partial charge is 0.372 e. The zero-order chi connectivity index (χ0) is 14.7. The van der Waals surface area contributed by atoms with E-state index in [0.29, 0.717) is 6.61 Å². The van der Waals surface area contributed by atoms with Gasteiger partial charge in [0.1, 0.15) is 16.2 Å². The van der Waals surface area contributed by atoms with Crippen molar-refractivity contribution in [1.29, 1.82) is 0 Å². The van der Waals surface area contributed by atoms with Crippen LogP contribution in [0.1, 0.15) is 51.3 Å². The van der Waals surface area contributed by atoms with E-state index in [4.69, 9.17) is 14.7 Å². The highest BCUT2D eigenvalue weighted by Gasteiger charge is 2.37. The molecule has 0 atom stereocenters. The van der Waals surface area contributed by atoms with Crippen LogP contribution in [-0.4, -0.2) is 23.6 Å². The van der Waals surface area contributed by atoms with Gasteiger partial charge >= 0.3 is 0 Å². The minimum atomic E-state index is -0.297. The van der Waals surface area contributed by atoms with Crippen molar-refractivity contribution >= 4 is 27.4 Å². The van der Waals surface area contributed by atoms with Crippen LogP contribution in [0.4, 0.5) is 5.82 Å². The van der Waals surface area contributed by atoms with Crippen molar-refractivity contribution in [3.8, 4) is 0 Å². The van der Waals surface area contributed by atoms with E-state index >= 15 is 0 Å². The Bertz CT molecular complexity index is 603. The second kappa shape index (κ2) is 6.28. The van der Waals surface area contributed by atoms with E-state index in [9.17, 15) is 0 Å². The number of thiophene rings is 1. The zero-order valence-electron chi connectivity index (χ0n) is 12.8. The number of aromatic nitrogens is 2. The van der Waals surface area contributed by atoms with Gasteiger partial charge in [-0.15, -0.1) is 11.3 Å². The van der Waals surface area contributed by atoms with E-state index in [-0.39, 0.29) is 5.60 Å². The van der Waals surface area contributed by atoms with Gasteiger partial charge in [-0.05, 0) is 31.2 Å². The quantitative estimate of drug-likeness (QED) is 0.855. The maximum atomic E-state index is 6.21. The van der Waals surface area contributed by atoms with Crippen LogP contribution in [-0.2, 0) is 10.3 Å². The fourth-order valence-corrected chi connectivity index (χ4v) is 4.02. The van der Waals surface area contributed by atoms with Gasteiger partial charge in [0.2, 0.25) is 0 Å². The Morgan fingerprint density at radius 3 is 2.67 bits per heavy atom. The van der Waals surface area contributed by atoms with Crippen LogP contribution < -0.4 is 5.32 Å². The smallest absolute Gasteiger partial charge is 0.164 e. The molecule has 4 nitrogen and oxygen atoms in total. The summed E-state index contributed by atoms with van der Waals surface area (Å²) in [6.45, 7) is 2.77. The molecule has 1 aliphatic rings. The summed E-state index contributed by atoms with van der Waals surface area (Å²) < 4.78 is 6.21. The lowest BCUT2D eigenvalue weighted by Gasteiger charge is -2.31. The molecule has 0 radical (unpaired) electrons. The zero-order valence-corrected chi connectivity index (χ0v) is 13.6. The Kier molecular flexibility index (Phi) is 4.40. The van der Waals surface area contributed by atoms with Crippen LogP contribution >= 0.6 is 11.3 Å². The molecular formula is C16H23N3OS. The maximum Gasteiger partial charge on any atom is 0.164 e. The summed E-state index contributed by atoms with van der Waals surface area (Å²) in [5.74, 6) is 1.78. The number of anilines is 1. The number of ether oxygens (including phenoxy) is 1. The van der Waals surface area contributed by atoms with Gasteiger partial charge in [0, 0.05) is 13.7 Å². The third-order valence-corrected chi connectivity index (χ3v) is 5.11. The third kappa shape index (κ3) is 2.77. The van der Waals surface area contributed by atoms with Crippen LogP contribution in [0, 0.1) is 0 Å². The average Bonchev–Trinajstić information content (AvgIpc) is 2.85. The monoisotopic (exact) mass is 305 g/mol. The lowest BCUT2D eigenvalue weighted by atomic mass is 9.93. The molecule has 1 saturated carbocycles. The highest BCUT2D eigenvalue weighted by molar-refractivity contribution is 7.16. The molecule has 1 aliphatic carbocycles. The molecule has 2 aromatic rings. The summed E-state index contributed by atoms with van der Waals surface area (Å²) in [6, 6.07) is 2.08. The first-order chi connectivity index (χ1) is 10.3. The molecule has 0 aliphatic heterocycles. The van der Waals surface area contributed by atoms with E-state index in [1.807, 2.05) is 7.05 Å².